The van der Waals surface area contributed by atoms with Gasteiger partial charge in [-0.1, -0.05) is 145 Å². The molecule has 2 aliphatic carbocycles. The van der Waals surface area contributed by atoms with Crippen LogP contribution in [0.15, 0.2) is 133 Å². The van der Waals surface area contributed by atoms with Crippen molar-refractivity contribution in [3.63, 3.8) is 0 Å². The van der Waals surface area contributed by atoms with Crippen molar-refractivity contribution in [1.82, 2.24) is 9.97 Å². The second-order valence-electron chi connectivity index (χ2n) is 27.8. The van der Waals surface area contributed by atoms with Crippen molar-refractivity contribution in [2.24, 2.45) is 0 Å². The number of benzene rings is 7. The molecule has 0 spiro atoms. The van der Waals surface area contributed by atoms with Gasteiger partial charge in [-0.15, -0.1) is 0 Å². The number of pyridine rings is 2. The van der Waals surface area contributed by atoms with Crippen molar-refractivity contribution in [2.45, 2.75) is 144 Å². The van der Waals surface area contributed by atoms with Gasteiger partial charge in [-0.3, -0.25) is 9.80 Å². The summed E-state index contributed by atoms with van der Waals surface area (Å²) in [4.78, 5) is 16.6. The topological polar surface area (TPSA) is 50.7 Å². The summed E-state index contributed by atoms with van der Waals surface area (Å²) in [5.74, 6) is 5.05. The van der Waals surface area contributed by atoms with E-state index in [4.69, 9.17) is 19.4 Å². The zero-order valence-corrected chi connectivity index (χ0v) is 50.3. The van der Waals surface area contributed by atoms with Gasteiger partial charge in [0.15, 0.2) is 0 Å². The third-order valence-corrected chi connectivity index (χ3v) is 20.2. The molecule has 0 amide bonds. The Bertz CT molecular complexity index is 3980. The lowest BCUT2D eigenvalue weighted by Crippen LogP contribution is -2.63. The van der Waals surface area contributed by atoms with E-state index in [-0.39, 0.29) is 35.1 Å². The van der Waals surface area contributed by atoms with Crippen molar-refractivity contribution in [3.05, 3.63) is 189 Å². The lowest BCUT2D eigenvalue weighted by Gasteiger charge is -2.44. The Hall–Kier alpha value is -7.83. The van der Waals surface area contributed by atoms with E-state index >= 15 is 0 Å². The largest absolute Gasteiger partial charge is 0.458 e. The van der Waals surface area contributed by atoms with E-state index < -0.39 is 0 Å². The average molecular weight is 1070 g/mol. The van der Waals surface area contributed by atoms with E-state index in [1.54, 1.807) is 0 Å². The van der Waals surface area contributed by atoms with Crippen LogP contribution in [-0.2, 0) is 21.7 Å². The van der Waals surface area contributed by atoms with E-state index in [1.807, 2.05) is 0 Å². The van der Waals surface area contributed by atoms with Gasteiger partial charge in [-0.25, -0.2) is 9.97 Å². The van der Waals surface area contributed by atoms with E-state index in [2.05, 4.69) is 240 Å². The molecular weight excluding hydrogens is 998 g/mol. The summed E-state index contributed by atoms with van der Waals surface area (Å²) in [7, 11) is 0. The normalized spacial score (nSPS) is 17.4. The molecule has 15 rings (SSSR count). The highest BCUT2D eigenvalue weighted by atomic mass is 16.5. The van der Waals surface area contributed by atoms with Gasteiger partial charge >= 0.3 is 0 Å². The number of hydrogen-bond donors (Lipinski definition) is 0. The second kappa shape index (κ2) is 17.4. The highest BCUT2D eigenvalue weighted by molar-refractivity contribution is 7.02. The molecule has 0 unspecified atom stereocenters. The summed E-state index contributed by atoms with van der Waals surface area (Å²) in [6.45, 7) is 32.2. The summed E-state index contributed by atoms with van der Waals surface area (Å²) >= 11 is 0. The van der Waals surface area contributed by atoms with Crippen LogP contribution in [0.4, 0.5) is 34.4 Å². The summed E-state index contributed by atoms with van der Waals surface area (Å²) in [5.41, 5.74) is 28.6. The van der Waals surface area contributed by atoms with Gasteiger partial charge in [0.1, 0.15) is 34.6 Å². The first-order valence-corrected chi connectivity index (χ1v) is 29.9. The fourth-order valence-electron chi connectivity index (χ4n) is 16.0. The van der Waals surface area contributed by atoms with Gasteiger partial charge in [0.05, 0.1) is 11.4 Å². The zero-order chi connectivity index (χ0) is 56.8. The van der Waals surface area contributed by atoms with Crippen LogP contribution >= 0.6 is 0 Å². The van der Waals surface area contributed by atoms with Crippen LogP contribution in [0.2, 0.25) is 0 Å². The molecule has 0 radical (unpaired) electrons. The van der Waals surface area contributed by atoms with E-state index in [0.717, 1.165) is 127 Å². The van der Waals surface area contributed by atoms with Gasteiger partial charge in [-0.2, -0.15) is 0 Å². The Morgan fingerprint density at radius 1 is 0.378 bits per heavy atom. The molecule has 0 saturated heterocycles. The van der Waals surface area contributed by atoms with Crippen LogP contribution in [0.3, 0.4) is 0 Å². The lowest BCUT2D eigenvalue weighted by molar-refractivity contribution is 0.332. The second-order valence-corrected chi connectivity index (χ2v) is 27.8. The number of fused-ring (bicyclic) bond motifs is 10. The number of para-hydroxylation sites is 2. The van der Waals surface area contributed by atoms with Gasteiger partial charge in [0.2, 0.25) is 0 Å². The Kier molecular flexibility index (Phi) is 10.8. The Labute approximate surface area is 486 Å². The van der Waals surface area contributed by atoms with Crippen molar-refractivity contribution in [1.29, 1.82) is 0 Å². The molecule has 7 aromatic carbocycles. The van der Waals surface area contributed by atoms with Crippen molar-refractivity contribution < 1.29 is 9.47 Å². The molecule has 0 N–H and O–H groups in total. The highest BCUT2D eigenvalue weighted by Gasteiger charge is 2.49. The van der Waals surface area contributed by atoms with Gasteiger partial charge in [0.25, 0.3) is 13.4 Å². The summed E-state index contributed by atoms with van der Waals surface area (Å²) in [5, 5.41) is 0. The smallest absolute Gasteiger partial charge is 0.258 e. The van der Waals surface area contributed by atoms with Crippen LogP contribution in [0.1, 0.15) is 137 Å². The molecule has 0 atom stereocenters. The number of aryl methyl sites for hydroxylation is 6. The molecular formula is C74H72B2N4O2. The Morgan fingerprint density at radius 2 is 0.744 bits per heavy atom. The third-order valence-electron chi connectivity index (χ3n) is 20.2. The minimum Gasteiger partial charge on any atom is -0.458 e. The fraction of sp³-hybridized carbons (Fsp3) is 0.297. The first-order chi connectivity index (χ1) is 39.1. The predicted octanol–water partition coefficient (Wildman–Crippen LogP) is 15.2. The summed E-state index contributed by atoms with van der Waals surface area (Å²) in [6.07, 6.45) is 4.58. The van der Waals surface area contributed by atoms with Crippen molar-refractivity contribution in [3.8, 4) is 45.5 Å². The SMILES string of the molecule is Cc1cc(C)c(-c2cc3c4c(n2)N(c2ccc5c(c2)C(C)(C)CCC5(C)C)c2ccccc2B4c2cc4c(cc2O3)Oc2cc(-c3c(C)cc(C)cc3C)nc3c2B4c2ccccc2N3c2ccc3c(c2)C(C)(C)CCC3(C)C)c(C)c1. The molecule has 406 valence electrons. The molecule has 0 bridgehead atoms. The van der Waals surface area contributed by atoms with Gasteiger partial charge in [0, 0.05) is 63.0 Å². The fourth-order valence-corrected chi connectivity index (χ4v) is 16.0. The van der Waals surface area contributed by atoms with Gasteiger partial charge in [-0.05, 0) is 192 Å². The maximum Gasteiger partial charge on any atom is 0.258 e. The standard InChI is InChI=1S/C74H72B2N4O2/c1-41-31-43(3)65(44(4)32-41)57-38-63-67-69(77-57)79(47-23-25-49-51(35-47)73(11,12)29-27-71(49,7)8)59-21-17-15-19-53(59)75(67)55-37-56-62(40-61(55)81-63)82-64-39-58(66-45(5)33-42(2)34-46(66)6)78-70-68(64)76(56)54-20-16-18-22-60(54)80(70)48-24-26-50-52(36-48)74(13,14)30-28-72(50,9)10/h15-26,31-40H,27-30H2,1-14H3. The molecule has 0 fully saturated rings. The zero-order valence-electron chi connectivity index (χ0n) is 50.3. The van der Waals surface area contributed by atoms with Crippen LogP contribution in [0.25, 0.3) is 22.5 Å². The Balaban J connectivity index is 0.963. The number of nitrogens with zero attached hydrogens (tertiary/aromatic N) is 4. The molecule has 82 heavy (non-hydrogen) atoms. The number of ether oxygens (including phenoxy) is 2. The van der Waals surface area contributed by atoms with E-state index in [1.165, 1.54) is 66.6 Å². The maximum absolute atomic E-state index is 7.49. The third kappa shape index (κ3) is 7.41. The monoisotopic (exact) mass is 1070 g/mol. The van der Waals surface area contributed by atoms with E-state index in [0.29, 0.717) is 0 Å². The summed E-state index contributed by atoms with van der Waals surface area (Å²) < 4.78 is 15.0. The molecule has 4 aliphatic heterocycles. The molecule has 2 aromatic heterocycles. The molecule has 0 saturated carbocycles. The minimum absolute atomic E-state index is 0.0182. The number of anilines is 6. The van der Waals surface area contributed by atoms with Gasteiger partial charge < -0.3 is 9.47 Å². The number of hydrogen-bond acceptors (Lipinski definition) is 6. The highest BCUT2D eigenvalue weighted by Crippen LogP contribution is 2.52. The maximum atomic E-state index is 7.49. The average Bonchev–Trinajstić information content (AvgIpc) is 2.31. The minimum atomic E-state index is -0.187. The van der Waals surface area contributed by atoms with Crippen molar-refractivity contribution in [2.75, 3.05) is 9.80 Å². The lowest BCUT2D eigenvalue weighted by atomic mass is 9.31. The molecule has 6 nitrogen and oxygen atoms in total. The first kappa shape index (κ1) is 51.1. The van der Waals surface area contributed by atoms with Crippen LogP contribution in [-0.4, -0.2) is 23.4 Å². The van der Waals surface area contributed by atoms with Crippen molar-refractivity contribution >= 4 is 80.6 Å². The predicted molar refractivity (Wildman–Crippen MR) is 344 cm³/mol. The van der Waals surface area contributed by atoms with Crippen LogP contribution < -0.4 is 52.1 Å². The quantitative estimate of drug-likeness (QED) is 0.164. The van der Waals surface area contributed by atoms with Crippen LogP contribution in [0, 0.1) is 41.5 Å². The summed E-state index contributed by atoms with van der Waals surface area (Å²) in [6, 6.07) is 50.7. The molecule has 6 heterocycles. The number of rotatable bonds is 4. The molecule has 8 heteroatoms. The molecule has 9 aromatic rings. The van der Waals surface area contributed by atoms with E-state index in [9.17, 15) is 0 Å². The van der Waals surface area contributed by atoms with Crippen LogP contribution in [0.5, 0.6) is 23.0 Å². The number of aromatic nitrogens is 2. The first-order valence-electron chi connectivity index (χ1n) is 29.9. The Morgan fingerprint density at radius 3 is 1.13 bits per heavy atom. The molecule has 6 aliphatic rings.